The van der Waals surface area contributed by atoms with Gasteiger partial charge in [-0.2, -0.15) is 0 Å². The van der Waals surface area contributed by atoms with E-state index < -0.39 is 0 Å². The molecule has 0 spiro atoms. The van der Waals surface area contributed by atoms with Crippen LogP contribution < -0.4 is 20.4 Å². The van der Waals surface area contributed by atoms with Crippen LogP contribution in [0, 0.1) is 6.92 Å². The third-order valence-corrected chi connectivity index (χ3v) is 6.64. The molecule has 0 saturated carbocycles. The maximum atomic E-state index is 4.84. The molecule has 1 unspecified atom stereocenters. The highest BCUT2D eigenvalue weighted by Crippen LogP contribution is 2.21. The predicted octanol–water partition coefficient (Wildman–Crippen LogP) is 3.48. The molecule has 2 fully saturated rings. The van der Waals surface area contributed by atoms with Crippen molar-refractivity contribution < 1.29 is 0 Å². The van der Waals surface area contributed by atoms with Crippen molar-refractivity contribution in [3.63, 3.8) is 0 Å². The second-order valence-corrected chi connectivity index (χ2v) is 9.05. The number of piperazine rings is 1. The van der Waals surface area contributed by atoms with Gasteiger partial charge in [-0.05, 0) is 50.6 Å². The van der Waals surface area contributed by atoms with Crippen LogP contribution in [-0.4, -0.2) is 74.2 Å². The number of pyridine rings is 1. The number of aliphatic imine (C=N–C) groups is 1. The predicted molar refractivity (Wildman–Crippen MR) is 154 cm³/mol. The third kappa shape index (κ3) is 7.21. The van der Waals surface area contributed by atoms with Crippen molar-refractivity contribution in [2.24, 2.45) is 4.99 Å². The molecule has 0 radical (unpaired) electrons. The molecule has 0 amide bonds. The van der Waals surface area contributed by atoms with E-state index in [-0.39, 0.29) is 24.0 Å². The summed E-state index contributed by atoms with van der Waals surface area (Å²) in [5.41, 5.74) is 3.74. The molecule has 8 heteroatoms. The van der Waals surface area contributed by atoms with Crippen LogP contribution in [0.15, 0.2) is 47.6 Å². The molecule has 1 aromatic carbocycles. The van der Waals surface area contributed by atoms with E-state index in [9.17, 15) is 0 Å². The summed E-state index contributed by atoms with van der Waals surface area (Å²) in [5, 5.41) is 7.04. The summed E-state index contributed by atoms with van der Waals surface area (Å²) in [6.45, 7) is 15.5. The standard InChI is InChI=1S/C26H39N7.HI/c1-4-27-26(30-23-12-13-33(20-23)24-9-6-21(3)7-10-24)29-19-22-8-11-25(28-18-22)32-16-14-31(5-2)15-17-32;/h6-11,18,23H,4-5,12-17,19-20H2,1-3H3,(H2,27,29,30);1H. The second kappa shape index (κ2) is 13.1. The van der Waals surface area contributed by atoms with Gasteiger partial charge in [-0.15, -0.1) is 24.0 Å². The number of anilines is 2. The Morgan fingerprint density at radius 3 is 2.41 bits per heavy atom. The summed E-state index contributed by atoms with van der Waals surface area (Å²) < 4.78 is 0. The van der Waals surface area contributed by atoms with Crippen LogP contribution in [0.5, 0.6) is 0 Å². The number of likely N-dealkylation sites (N-methyl/N-ethyl adjacent to an activating group) is 1. The minimum atomic E-state index is 0. The summed E-state index contributed by atoms with van der Waals surface area (Å²) >= 11 is 0. The van der Waals surface area contributed by atoms with Gasteiger partial charge < -0.3 is 25.3 Å². The number of halogens is 1. The highest BCUT2D eigenvalue weighted by molar-refractivity contribution is 14.0. The van der Waals surface area contributed by atoms with E-state index in [1.54, 1.807) is 0 Å². The zero-order valence-electron chi connectivity index (χ0n) is 20.8. The Bertz CT molecular complexity index is 892. The van der Waals surface area contributed by atoms with Crippen LogP contribution in [0.1, 0.15) is 31.4 Å². The fourth-order valence-electron chi connectivity index (χ4n) is 4.54. The Morgan fingerprint density at radius 2 is 1.76 bits per heavy atom. The summed E-state index contributed by atoms with van der Waals surface area (Å²) in [7, 11) is 0. The van der Waals surface area contributed by atoms with Gasteiger partial charge in [0.25, 0.3) is 0 Å². The van der Waals surface area contributed by atoms with Crippen LogP contribution >= 0.6 is 24.0 Å². The van der Waals surface area contributed by atoms with Gasteiger partial charge in [0, 0.05) is 63.7 Å². The Kier molecular flexibility index (Phi) is 10.2. The van der Waals surface area contributed by atoms with E-state index in [1.807, 2.05) is 6.20 Å². The van der Waals surface area contributed by atoms with Gasteiger partial charge >= 0.3 is 0 Å². The van der Waals surface area contributed by atoms with E-state index in [2.05, 4.69) is 82.5 Å². The molecule has 2 N–H and O–H groups in total. The van der Waals surface area contributed by atoms with Crippen LogP contribution in [0.2, 0.25) is 0 Å². The molecule has 186 valence electrons. The largest absolute Gasteiger partial charge is 0.369 e. The van der Waals surface area contributed by atoms with Crippen molar-refractivity contribution >= 4 is 41.4 Å². The Hall–Kier alpha value is -2.07. The van der Waals surface area contributed by atoms with Crippen LogP contribution in [0.3, 0.4) is 0 Å². The molecule has 4 rings (SSSR count). The zero-order valence-corrected chi connectivity index (χ0v) is 23.2. The van der Waals surface area contributed by atoms with Crippen molar-refractivity contribution in [3.8, 4) is 0 Å². The lowest BCUT2D eigenvalue weighted by molar-refractivity contribution is 0.270. The Balaban J connectivity index is 0.00000324. The third-order valence-electron chi connectivity index (χ3n) is 6.64. The lowest BCUT2D eigenvalue weighted by Crippen LogP contribution is -2.46. The summed E-state index contributed by atoms with van der Waals surface area (Å²) in [5.74, 6) is 1.96. The first kappa shape index (κ1) is 26.5. The van der Waals surface area contributed by atoms with Crippen molar-refractivity contribution in [2.45, 2.75) is 39.8 Å². The number of nitrogens with one attached hydrogen (secondary N) is 2. The van der Waals surface area contributed by atoms with E-state index in [4.69, 9.17) is 9.98 Å². The number of rotatable bonds is 7. The second-order valence-electron chi connectivity index (χ2n) is 9.05. The summed E-state index contributed by atoms with van der Waals surface area (Å²) in [6, 6.07) is 13.5. The van der Waals surface area contributed by atoms with Crippen molar-refractivity contribution in [3.05, 3.63) is 53.7 Å². The van der Waals surface area contributed by atoms with Gasteiger partial charge in [0.15, 0.2) is 5.96 Å². The molecule has 7 nitrogen and oxygen atoms in total. The first-order chi connectivity index (χ1) is 16.1. The van der Waals surface area contributed by atoms with Crippen LogP contribution in [0.4, 0.5) is 11.5 Å². The number of aryl methyl sites for hydroxylation is 1. The highest BCUT2D eigenvalue weighted by atomic mass is 127. The monoisotopic (exact) mass is 577 g/mol. The van der Waals surface area contributed by atoms with Crippen LogP contribution in [0.25, 0.3) is 0 Å². The summed E-state index contributed by atoms with van der Waals surface area (Å²) in [4.78, 5) is 16.9. The Morgan fingerprint density at radius 1 is 1.00 bits per heavy atom. The van der Waals surface area contributed by atoms with E-state index in [0.29, 0.717) is 12.6 Å². The SMILES string of the molecule is CCNC(=NCc1ccc(N2CCN(CC)CC2)nc1)NC1CCN(c2ccc(C)cc2)C1.I. The van der Waals surface area contributed by atoms with E-state index >= 15 is 0 Å². The van der Waals surface area contributed by atoms with Gasteiger partial charge in [-0.3, -0.25) is 0 Å². The van der Waals surface area contributed by atoms with Gasteiger partial charge in [-0.25, -0.2) is 9.98 Å². The topological polar surface area (TPSA) is 59.0 Å². The molecule has 2 saturated heterocycles. The van der Waals surface area contributed by atoms with Gasteiger partial charge in [0.05, 0.1) is 6.54 Å². The molecule has 0 aliphatic carbocycles. The maximum absolute atomic E-state index is 4.84. The smallest absolute Gasteiger partial charge is 0.191 e. The maximum Gasteiger partial charge on any atom is 0.191 e. The molecule has 0 bridgehead atoms. The number of guanidine groups is 1. The number of nitrogens with zero attached hydrogens (tertiary/aromatic N) is 5. The molecule has 2 aromatic rings. The zero-order chi connectivity index (χ0) is 23.0. The normalized spacial score (nSPS) is 19.1. The van der Waals surface area contributed by atoms with E-state index in [0.717, 1.165) is 76.1 Å². The lowest BCUT2D eigenvalue weighted by atomic mass is 10.2. The average molecular weight is 578 g/mol. The molecule has 3 heterocycles. The van der Waals surface area contributed by atoms with Crippen molar-refractivity contribution in [1.29, 1.82) is 0 Å². The van der Waals surface area contributed by atoms with Crippen LogP contribution in [-0.2, 0) is 6.54 Å². The summed E-state index contributed by atoms with van der Waals surface area (Å²) in [6.07, 6.45) is 3.09. The number of hydrogen-bond donors (Lipinski definition) is 2. The number of hydrogen-bond acceptors (Lipinski definition) is 5. The van der Waals surface area contributed by atoms with Crippen molar-refractivity contribution in [1.82, 2.24) is 20.5 Å². The lowest BCUT2D eigenvalue weighted by Gasteiger charge is -2.34. The van der Waals surface area contributed by atoms with E-state index in [1.165, 1.54) is 11.3 Å². The van der Waals surface area contributed by atoms with Gasteiger partial charge in [0.1, 0.15) is 5.82 Å². The van der Waals surface area contributed by atoms with Gasteiger partial charge in [0.2, 0.25) is 0 Å². The molecule has 2 aliphatic rings. The molecular weight excluding hydrogens is 537 g/mol. The Labute approximate surface area is 222 Å². The van der Waals surface area contributed by atoms with Crippen molar-refractivity contribution in [2.75, 3.05) is 62.2 Å². The molecule has 1 aromatic heterocycles. The minimum absolute atomic E-state index is 0. The quantitative estimate of drug-likeness (QED) is 0.299. The fraction of sp³-hybridized carbons (Fsp3) is 0.538. The first-order valence-corrected chi connectivity index (χ1v) is 12.4. The number of aromatic nitrogens is 1. The fourth-order valence-corrected chi connectivity index (χ4v) is 4.54. The highest BCUT2D eigenvalue weighted by Gasteiger charge is 2.23. The average Bonchev–Trinajstić information content (AvgIpc) is 3.32. The minimum Gasteiger partial charge on any atom is -0.369 e. The molecule has 34 heavy (non-hydrogen) atoms. The molecule has 1 atom stereocenters. The molecule has 2 aliphatic heterocycles. The first-order valence-electron chi connectivity index (χ1n) is 12.4. The number of benzene rings is 1. The van der Waals surface area contributed by atoms with Gasteiger partial charge in [-0.1, -0.05) is 30.7 Å². The molecular formula is C26H40IN7.